The maximum Gasteiger partial charge on any atom is 0.418 e. The fraction of sp³-hybridized carbons (Fsp3) is 0.0690. The van der Waals surface area contributed by atoms with Crippen LogP contribution < -0.4 is 22.3 Å². The third kappa shape index (κ3) is 4.64. The highest BCUT2D eigenvalue weighted by Gasteiger charge is 2.33. The summed E-state index contributed by atoms with van der Waals surface area (Å²) in [5.74, 6) is -1.19. The van der Waals surface area contributed by atoms with Crippen LogP contribution in [0.2, 0.25) is 0 Å². The van der Waals surface area contributed by atoms with Crippen molar-refractivity contribution in [2.75, 3.05) is 11.1 Å². The lowest BCUT2D eigenvalue weighted by Gasteiger charge is -2.13. The van der Waals surface area contributed by atoms with Crippen molar-refractivity contribution in [1.29, 1.82) is 0 Å². The number of benzene rings is 3. The zero-order valence-electron chi connectivity index (χ0n) is 22.1. The molecule has 0 bridgehead atoms. The molecule has 0 saturated carbocycles. The van der Waals surface area contributed by atoms with Gasteiger partial charge in [-0.05, 0) is 55.5 Å². The van der Waals surface area contributed by atoms with Gasteiger partial charge >= 0.3 is 6.18 Å². The quantitative estimate of drug-likeness (QED) is 0.224. The summed E-state index contributed by atoms with van der Waals surface area (Å²) in [6, 6.07) is 15.2. The van der Waals surface area contributed by atoms with Gasteiger partial charge in [0.1, 0.15) is 11.3 Å². The van der Waals surface area contributed by atoms with Gasteiger partial charge in [-0.2, -0.15) is 23.4 Å². The number of amides is 2. The molecule has 6 aromatic rings. The maximum atomic E-state index is 13.4. The molecule has 216 valence electrons. The summed E-state index contributed by atoms with van der Waals surface area (Å²) >= 11 is 0. The Labute approximate surface area is 238 Å². The minimum Gasteiger partial charge on any atom is -0.454 e. The number of primary amides is 1. The minimum absolute atomic E-state index is 0.0234. The molecule has 0 radical (unpaired) electrons. The molecule has 0 atom stereocenters. The van der Waals surface area contributed by atoms with E-state index < -0.39 is 29.1 Å². The molecule has 0 saturated heterocycles. The number of carbonyl (C=O) groups excluding carboxylic acids is 2. The van der Waals surface area contributed by atoms with E-state index in [0.29, 0.717) is 16.6 Å². The van der Waals surface area contributed by atoms with Gasteiger partial charge in [-0.15, -0.1) is 0 Å². The number of para-hydroxylation sites is 1. The maximum absolute atomic E-state index is 13.4. The van der Waals surface area contributed by atoms with Gasteiger partial charge in [0, 0.05) is 22.1 Å². The molecule has 0 aliphatic heterocycles. The molecule has 11 nitrogen and oxygen atoms in total. The van der Waals surface area contributed by atoms with E-state index in [0.717, 1.165) is 12.1 Å². The first-order valence-corrected chi connectivity index (χ1v) is 12.6. The van der Waals surface area contributed by atoms with Crippen LogP contribution in [-0.4, -0.2) is 31.8 Å². The molecule has 0 aliphatic rings. The van der Waals surface area contributed by atoms with E-state index in [2.05, 4.69) is 20.6 Å². The number of nitrogens with two attached hydrogens (primary N) is 2. The average molecular weight is 588 g/mol. The van der Waals surface area contributed by atoms with Crippen molar-refractivity contribution in [3.8, 4) is 17.1 Å². The van der Waals surface area contributed by atoms with Gasteiger partial charge in [0.2, 0.25) is 5.91 Å². The number of nitrogens with zero attached hydrogens (tertiary/aromatic N) is 3. The number of hydrogen-bond acceptors (Lipinski definition) is 7. The predicted octanol–water partition coefficient (Wildman–Crippen LogP) is 4.78. The predicted molar refractivity (Wildman–Crippen MR) is 152 cm³/mol. The molecule has 3 heterocycles. The van der Waals surface area contributed by atoms with Gasteiger partial charge in [-0.3, -0.25) is 14.4 Å². The van der Waals surface area contributed by atoms with Crippen molar-refractivity contribution >= 4 is 45.2 Å². The molecule has 3 aromatic carbocycles. The third-order valence-corrected chi connectivity index (χ3v) is 6.93. The van der Waals surface area contributed by atoms with Crippen LogP contribution in [0.4, 0.5) is 24.7 Å². The summed E-state index contributed by atoms with van der Waals surface area (Å²) in [7, 11) is 0. The zero-order valence-corrected chi connectivity index (χ0v) is 22.1. The molecule has 6 rings (SSSR count). The molecule has 14 heteroatoms. The van der Waals surface area contributed by atoms with E-state index in [1.807, 2.05) is 0 Å². The van der Waals surface area contributed by atoms with Crippen LogP contribution in [0.25, 0.3) is 39.0 Å². The fourth-order valence-electron chi connectivity index (χ4n) is 4.83. The monoisotopic (exact) mass is 587 g/mol. The minimum atomic E-state index is -4.66. The van der Waals surface area contributed by atoms with E-state index in [9.17, 15) is 27.6 Å². The Morgan fingerprint density at radius 1 is 1.02 bits per heavy atom. The second-order valence-electron chi connectivity index (χ2n) is 9.60. The van der Waals surface area contributed by atoms with Crippen molar-refractivity contribution < 1.29 is 27.2 Å². The Morgan fingerprint density at radius 3 is 2.42 bits per heavy atom. The molecule has 43 heavy (non-hydrogen) atoms. The Hall–Kier alpha value is -5.92. The SMILES string of the molecule is Cc1c(-c2c3c(N)n[nH]c(=O)c3nn2-c2ccc(C(N)=O)cc2)oc2cc(C(=O)Nc3ccccc3C(F)(F)F)ccc12. The molecular weight excluding hydrogens is 567 g/mol. The first-order chi connectivity index (χ1) is 20.4. The highest BCUT2D eigenvalue weighted by Crippen LogP contribution is 2.39. The molecule has 3 aromatic heterocycles. The van der Waals surface area contributed by atoms with E-state index >= 15 is 0 Å². The van der Waals surface area contributed by atoms with Crippen molar-refractivity contribution in [3.63, 3.8) is 0 Å². The van der Waals surface area contributed by atoms with Crippen molar-refractivity contribution in [1.82, 2.24) is 20.0 Å². The number of aryl methyl sites for hydroxylation is 1. The Balaban J connectivity index is 1.48. The number of halogens is 3. The van der Waals surface area contributed by atoms with Crippen LogP contribution in [0, 0.1) is 6.92 Å². The molecule has 0 spiro atoms. The second-order valence-corrected chi connectivity index (χ2v) is 9.60. The lowest BCUT2D eigenvalue weighted by molar-refractivity contribution is -0.136. The van der Waals surface area contributed by atoms with Gasteiger partial charge in [-0.25, -0.2) is 9.78 Å². The lowest BCUT2D eigenvalue weighted by Crippen LogP contribution is -2.16. The van der Waals surface area contributed by atoms with E-state index in [1.165, 1.54) is 41.1 Å². The van der Waals surface area contributed by atoms with Crippen LogP contribution in [0.15, 0.2) is 75.9 Å². The van der Waals surface area contributed by atoms with Crippen LogP contribution >= 0.6 is 0 Å². The number of fused-ring (bicyclic) bond motifs is 2. The van der Waals surface area contributed by atoms with Gasteiger partial charge in [0.05, 0.1) is 22.3 Å². The summed E-state index contributed by atoms with van der Waals surface area (Å²) in [6.07, 6.45) is -4.66. The molecule has 6 N–H and O–H groups in total. The van der Waals surface area contributed by atoms with E-state index in [4.69, 9.17) is 15.9 Å². The smallest absolute Gasteiger partial charge is 0.418 e. The first-order valence-electron chi connectivity index (χ1n) is 12.6. The normalized spacial score (nSPS) is 11.7. The number of aromatic nitrogens is 4. The van der Waals surface area contributed by atoms with Gasteiger partial charge in [0.15, 0.2) is 17.1 Å². The summed E-state index contributed by atoms with van der Waals surface area (Å²) in [5.41, 5.74) is 11.4. The number of H-pyrrole nitrogens is 1. The van der Waals surface area contributed by atoms with Gasteiger partial charge in [-0.1, -0.05) is 18.2 Å². The number of rotatable bonds is 5. The van der Waals surface area contributed by atoms with E-state index in [-0.39, 0.29) is 50.6 Å². The van der Waals surface area contributed by atoms with Gasteiger partial charge in [0.25, 0.3) is 11.5 Å². The molecule has 2 amide bonds. The highest BCUT2D eigenvalue weighted by atomic mass is 19.4. The molecule has 0 aliphatic carbocycles. The van der Waals surface area contributed by atoms with Crippen LogP contribution in [0.3, 0.4) is 0 Å². The lowest BCUT2D eigenvalue weighted by atomic mass is 10.1. The number of anilines is 2. The number of nitrogens with one attached hydrogen (secondary N) is 2. The number of aromatic amines is 1. The van der Waals surface area contributed by atoms with Crippen molar-refractivity contribution in [3.05, 3.63) is 99.3 Å². The summed E-state index contributed by atoms with van der Waals surface area (Å²) < 4.78 is 47.9. The number of nitrogen functional groups attached to an aromatic ring is 1. The molecule has 0 unspecified atom stereocenters. The fourth-order valence-corrected chi connectivity index (χ4v) is 4.83. The number of hydrogen-bond donors (Lipinski definition) is 4. The summed E-state index contributed by atoms with van der Waals surface area (Å²) in [6.45, 7) is 1.75. The Morgan fingerprint density at radius 2 is 1.72 bits per heavy atom. The average Bonchev–Trinajstić information content (AvgIpc) is 3.53. The number of furan rings is 1. The largest absolute Gasteiger partial charge is 0.454 e. The summed E-state index contributed by atoms with van der Waals surface area (Å²) in [4.78, 5) is 37.2. The van der Waals surface area contributed by atoms with Gasteiger partial charge < -0.3 is 21.2 Å². The topological polar surface area (TPSA) is 175 Å². The first kappa shape index (κ1) is 27.3. The second kappa shape index (κ2) is 9.87. The van der Waals surface area contributed by atoms with Crippen LogP contribution in [0.1, 0.15) is 31.8 Å². The molecular formula is C29H20F3N7O4. The standard InChI is InChI=1S/C29H20F3N7O4/c1-13-17-11-8-15(27(41)35-19-5-3-2-4-18(19)29(30,31)32)12-20(17)43-24(13)23-21-22(28(42)37-36-25(21)33)38-39(23)16-9-6-14(7-10-16)26(34)40/h2-12H,1H3,(H2,33,36)(H2,34,40)(H,35,41)(H,37,42). The Kier molecular flexibility index (Phi) is 6.26. The third-order valence-electron chi connectivity index (χ3n) is 6.93. The van der Waals surface area contributed by atoms with Crippen LogP contribution in [0.5, 0.6) is 0 Å². The van der Waals surface area contributed by atoms with Crippen molar-refractivity contribution in [2.45, 2.75) is 13.1 Å². The van der Waals surface area contributed by atoms with Crippen LogP contribution in [-0.2, 0) is 6.18 Å². The molecule has 0 fully saturated rings. The summed E-state index contributed by atoms with van der Waals surface area (Å²) in [5, 5.41) is 13.7. The Bertz CT molecular complexity index is 2140. The van der Waals surface area contributed by atoms with Crippen molar-refractivity contribution in [2.24, 2.45) is 5.73 Å². The highest BCUT2D eigenvalue weighted by molar-refractivity contribution is 6.07. The van der Waals surface area contributed by atoms with E-state index in [1.54, 1.807) is 25.1 Å². The zero-order chi connectivity index (χ0) is 30.6. The number of carbonyl (C=O) groups is 2. The number of alkyl halides is 3.